The molecule has 1 atom stereocenters. The van der Waals surface area contributed by atoms with Gasteiger partial charge in [0.15, 0.2) is 17.5 Å². The number of benzene rings is 1. The standard InChI is InChI=1S/C17H17F6N5O/c18-11-7-13(20)12(19)6-9(11)5-10(24)1-2-15(29)27-3-4-28-14(8-27)25-26-16(28)17(21,22)23/h6-7,10H,1-5,8,24H2. The molecule has 0 spiro atoms. The largest absolute Gasteiger partial charge is 0.451 e. The molecular formula is C17H17F6N5O. The fourth-order valence-electron chi connectivity index (χ4n) is 3.15. The van der Waals surface area contributed by atoms with Crippen molar-refractivity contribution in [3.05, 3.63) is 46.8 Å². The number of hydrogen-bond acceptors (Lipinski definition) is 4. The molecule has 1 aliphatic rings. The van der Waals surface area contributed by atoms with Gasteiger partial charge < -0.3 is 15.2 Å². The Hall–Kier alpha value is -2.63. The topological polar surface area (TPSA) is 77.0 Å². The molecule has 0 saturated carbocycles. The molecule has 0 fully saturated rings. The Kier molecular flexibility index (Phi) is 5.82. The number of nitrogens with two attached hydrogens (primary N) is 1. The number of halogens is 6. The fraction of sp³-hybridized carbons (Fsp3) is 0.471. The number of nitrogens with zero attached hydrogens (tertiary/aromatic N) is 4. The summed E-state index contributed by atoms with van der Waals surface area (Å²) in [4.78, 5) is 13.7. The van der Waals surface area contributed by atoms with Gasteiger partial charge in [-0.2, -0.15) is 13.2 Å². The van der Waals surface area contributed by atoms with E-state index in [4.69, 9.17) is 5.73 Å². The molecule has 2 aromatic rings. The Morgan fingerprint density at radius 1 is 1.10 bits per heavy atom. The molecule has 1 aromatic carbocycles. The van der Waals surface area contributed by atoms with Crippen molar-refractivity contribution < 1.29 is 31.1 Å². The van der Waals surface area contributed by atoms with Gasteiger partial charge in [-0.1, -0.05) is 0 Å². The molecule has 6 nitrogen and oxygen atoms in total. The fourth-order valence-corrected chi connectivity index (χ4v) is 3.15. The van der Waals surface area contributed by atoms with Crippen LogP contribution in [0, 0.1) is 17.5 Å². The van der Waals surface area contributed by atoms with E-state index in [1.165, 1.54) is 4.90 Å². The highest BCUT2D eigenvalue weighted by molar-refractivity contribution is 5.76. The number of hydrogen-bond donors (Lipinski definition) is 1. The predicted molar refractivity (Wildman–Crippen MR) is 87.7 cm³/mol. The third kappa shape index (κ3) is 4.69. The Bertz CT molecular complexity index is 912. The van der Waals surface area contributed by atoms with Gasteiger partial charge in [0.05, 0.1) is 6.54 Å². The van der Waals surface area contributed by atoms with Crippen LogP contribution in [0.3, 0.4) is 0 Å². The second kappa shape index (κ2) is 8.01. The van der Waals surface area contributed by atoms with E-state index in [2.05, 4.69) is 10.2 Å². The second-order valence-electron chi connectivity index (χ2n) is 6.77. The zero-order chi connectivity index (χ0) is 21.3. The molecule has 2 heterocycles. The van der Waals surface area contributed by atoms with Crippen molar-refractivity contribution in [2.75, 3.05) is 6.54 Å². The summed E-state index contributed by atoms with van der Waals surface area (Å²) in [5.74, 6) is -4.85. The number of fused-ring (bicyclic) bond motifs is 1. The smallest absolute Gasteiger partial charge is 0.333 e. The van der Waals surface area contributed by atoms with Gasteiger partial charge in [0.1, 0.15) is 5.82 Å². The average Bonchev–Trinajstić information content (AvgIpc) is 3.07. The van der Waals surface area contributed by atoms with Gasteiger partial charge in [-0.3, -0.25) is 4.79 Å². The summed E-state index contributed by atoms with van der Waals surface area (Å²) in [6.45, 7) is -0.149. The van der Waals surface area contributed by atoms with Gasteiger partial charge in [0.25, 0.3) is 0 Å². The number of alkyl halides is 3. The summed E-state index contributed by atoms with van der Waals surface area (Å²) in [6.07, 6.45) is -4.63. The Balaban J connectivity index is 1.55. The lowest BCUT2D eigenvalue weighted by Gasteiger charge is -2.28. The Morgan fingerprint density at radius 2 is 1.79 bits per heavy atom. The lowest BCUT2D eigenvalue weighted by atomic mass is 10.0. The highest BCUT2D eigenvalue weighted by Crippen LogP contribution is 2.29. The number of aromatic nitrogens is 3. The highest BCUT2D eigenvalue weighted by atomic mass is 19.4. The van der Waals surface area contributed by atoms with Gasteiger partial charge in [-0.05, 0) is 24.5 Å². The van der Waals surface area contributed by atoms with Gasteiger partial charge in [0.2, 0.25) is 11.7 Å². The maximum atomic E-state index is 13.7. The maximum Gasteiger partial charge on any atom is 0.451 e. The van der Waals surface area contributed by atoms with E-state index in [-0.39, 0.29) is 56.2 Å². The number of carbonyl (C=O) groups excluding carboxylic acids is 1. The van der Waals surface area contributed by atoms with Crippen molar-refractivity contribution in [1.29, 1.82) is 0 Å². The summed E-state index contributed by atoms with van der Waals surface area (Å²) in [5.41, 5.74) is 5.76. The minimum absolute atomic E-state index is 0.0325. The number of rotatable bonds is 5. The molecule has 0 radical (unpaired) electrons. The lowest BCUT2D eigenvalue weighted by molar-refractivity contribution is -0.148. The van der Waals surface area contributed by atoms with Crippen LogP contribution in [0.5, 0.6) is 0 Å². The van der Waals surface area contributed by atoms with Crippen LogP contribution in [0.2, 0.25) is 0 Å². The predicted octanol–water partition coefficient (Wildman–Crippen LogP) is 2.41. The van der Waals surface area contributed by atoms with Gasteiger partial charge in [0, 0.05) is 31.6 Å². The summed E-state index contributed by atoms with van der Waals surface area (Å²) >= 11 is 0. The SMILES string of the molecule is NC(CCC(=O)N1CCn2c(nnc2C(F)(F)F)C1)Cc1cc(F)c(F)cc1F. The zero-order valence-electron chi connectivity index (χ0n) is 15.0. The quantitative estimate of drug-likeness (QED) is 0.594. The molecule has 2 N–H and O–H groups in total. The highest BCUT2D eigenvalue weighted by Gasteiger charge is 2.39. The molecule has 0 saturated heterocycles. The van der Waals surface area contributed by atoms with Crippen LogP contribution < -0.4 is 5.73 Å². The van der Waals surface area contributed by atoms with Crippen molar-refractivity contribution in [3.8, 4) is 0 Å². The van der Waals surface area contributed by atoms with E-state index in [9.17, 15) is 31.1 Å². The van der Waals surface area contributed by atoms with E-state index in [0.29, 0.717) is 6.07 Å². The molecule has 1 amide bonds. The number of carbonyl (C=O) groups is 1. The van der Waals surface area contributed by atoms with Gasteiger partial charge >= 0.3 is 6.18 Å². The minimum Gasteiger partial charge on any atom is -0.333 e. The molecule has 0 aliphatic carbocycles. The second-order valence-corrected chi connectivity index (χ2v) is 6.77. The van der Waals surface area contributed by atoms with E-state index in [0.717, 1.165) is 10.6 Å². The van der Waals surface area contributed by atoms with Crippen LogP contribution in [-0.4, -0.2) is 38.2 Å². The minimum atomic E-state index is -4.63. The van der Waals surface area contributed by atoms with Crippen LogP contribution in [0.1, 0.15) is 30.1 Å². The molecule has 12 heteroatoms. The molecule has 1 aliphatic heterocycles. The van der Waals surface area contributed by atoms with Crippen LogP contribution in [0.15, 0.2) is 12.1 Å². The van der Waals surface area contributed by atoms with Crippen LogP contribution in [-0.2, 0) is 30.5 Å². The van der Waals surface area contributed by atoms with Crippen LogP contribution >= 0.6 is 0 Å². The van der Waals surface area contributed by atoms with Crippen molar-refractivity contribution in [2.45, 2.75) is 44.6 Å². The first-order valence-corrected chi connectivity index (χ1v) is 8.72. The number of amides is 1. The monoisotopic (exact) mass is 421 g/mol. The first-order valence-electron chi connectivity index (χ1n) is 8.72. The maximum absolute atomic E-state index is 13.7. The third-order valence-electron chi connectivity index (χ3n) is 4.66. The molecule has 0 bridgehead atoms. The average molecular weight is 421 g/mol. The van der Waals surface area contributed by atoms with E-state index in [1.807, 2.05) is 0 Å². The van der Waals surface area contributed by atoms with Crippen molar-refractivity contribution in [3.63, 3.8) is 0 Å². The van der Waals surface area contributed by atoms with Gasteiger partial charge in [-0.25, -0.2) is 13.2 Å². The molecule has 3 rings (SSSR count). The first kappa shape index (κ1) is 21.1. The van der Waals surface area contributed by atoms with Crippen molar-refractivity contribution >= 4 is 5.91 Å². The van der Waals surface area contributed by atoms with Crippen LogP contribution in [0.25, 0.3) is 0 Å². The summed E-state index contributed by atoms with van der Waals surface area (Å²) in [5, 5.41) is 6.64. The molecular weight excluding hydrogens is 404 g/mol. The van der Waals surface area contributed by atoms with Gasteiger partial charge in [-0.15, -0.1) is 10.2 Å². The van der Waals surface area contributed by atoms with Crippen LogP contribution in [0.4, 0.5) is 26.3 Å². The summed E-state index contributed by atoms with van der Waals surface area (Å²) in [6, 6.07) is 0.465. The first-order chi connectivity index (χ1) is 13.6. The Labute approximate surface area is 161 Å². The lowest BCUT2D eigenvalue weighted by Crippen LogP contribution is -2.40. The van der Waals surface area contributed by atoms with E-state index < -0.39 is 35.5 Å². The van der Waals surface area contributed by atoms with Crippen molar-refractivity contribution in [1.82, 2.24) is 19.7 Å². The van der Waals surface area contributed by atoms with E-state index in [1.54, 1.807) is 0 Å². The zero-order valence-corrected chi connectivity index (χ0v) is 15.0. The third-order valence-corrected chi connectivity index (χ3v) is 4.66. The van der Waals surface area contributed by atoms with Crippen molar-refractivity contribution in [2.24, 2.45) is 5.73 Å². The normalized spacial score (nSPS) is 15.3. The molecule has 29 heavy (non-hydrogen) atoms. The molecule has 158 valence electrons. The summed E-state index contributed by atoms with van der Waals surface area (Å²) in [7, 11) is 0. The molecule has 1 aromatic heterocycles. The summed E-state index contributed by atoms with van der Waals surface area (Å²) < 4.78 is 79.3. The Morgan fingerprint density at radius 3 is 2.48 bits per heavy atom. The molecule has 1 unspecified atom stereocenters. The van der Waals surface area contributed by atoms with E-state index >= 15 is 0 Å².